The quantitative estimate of drug-likeness (QED) is 0.631. The first-order chi connectivity index (χ1) is 9.54. The number of carboxylic acids is 1. The normalized spacial score (nSPS) is 13.5. The number of hydrogen-bond donors (Lipinski definition) is 2. The number of thioether (sulfide) groups is 1. The number of rotatable bonds is 8. The van der Waals surface area contributed by atoms with Crippen molar-refractivity contribution in [2.75, 3.05) is 12.0 Å². The zero-order valence-corrected chi connectivity index (χ0v) is 12.3. The van der Waals surface area contributed by atoms with Crippen molar-refractivity contribution in [2.24, 2.45) is 0 Å². The van der Waals surface area contributed by atoms with Gasteiger partial charge in [0.05, 0.1) is 12.0 Å². The van der Waals surface area contributed by atoms with Gasteiger partial charge < -0.3 is 21.0 Å². The van der Waals surface area contributed by atoms with E-state index in [4.69, 9.17) is 0 Å². The number of aliphatic carboxylic acids is 1. The summed E-state index contributed by atoms with van der Waals surface area (Å²) in [7, 11) is 0. The minimum atomic E-state index is -1.25. The number of amides is 1. The molecular weight excluding hydrogens is 276 g/mol. The van der Waals surface area contributed by atoms with Crippen LogP contribution in [0.15, 0.2) is 30.3 Å². The van der Waals surface area contributed by atoms with Gasteiger partial charge in [-0.15, -0.1) is 0 Å². The van der Waals surface area contributed by atoms with E-state index in [1.165, 1.54) is 11.8 Å². The highest BCUT2D eigenvalue weighted by Crippen LogP contribution is 2.03. The number of carboxylic acid groups (broad SMARTS) is 1. The molecular formula is C14H20N2O3S. The van der Waals surface area contributed by atoms with Crippen molar-refractivity contribution in [1.29, 1.82) is 0 Å². The number of nitrogens with one attached hydrogen (secondary N) is 1. The highest BCUT2D eigenvalue weighted by molar-refractivity contribution is 7.98. The summed E-state index contributed by atoms with van der Waals surface area (Å²) in [6.07, 6.45) is 2.72. The van der Waals surface area contributed by atoms with Crippen molar-refractivity contribution < 1.29 is 20.4 Å². The van der Waals surface area contributed by atoms with Gasteiger partial charge in [0.15, 0.2) is 6.04 Å². The molecule has 0 aliphatic heterocycles. The van der Waals surface area contributed by atoms with E-state index in [2.05, 4.69) is 11.1 Å². The van der Waals surface area contributed by atoms with Crippen molar-refractivity contribution in [3.05, 3.63) is 35.9 Å². The van der Waals surface area contributed by atoms with E-state index < -0.39 is 18.1 Å². The van der Waals surface area contributed by atoms with Gasteiger partial charge in [0, 0.05) is 6.42 Å². The molecule has 0 fully saturated rings. The van der Waals surface area contributed by atoms with E-state index in [1.807, 2.05) is 36.6 Å². The smallest absolute Gasteiger partial charge is 0.279 e. The second kappa shape index (κ2) is 8.60. The fourth-order valence-electron chi connectivity index (χ4n) is 1.77. The minimum absolute atomic E-state index is 0.354. The summed E-state index contributed by atoms with van der Waals surface area (Å²) in [5.41, 5.74) is 4.79. The lowest BCUT2D eigenvalue weighted by Crippen LogP contribution is -2.69. The second-order valence-electron chi connectivity index (χ2n) is 4.55. The molecule has 0 spiro atoms. The van der Waals surface area contributed by atoms with Crippen LogP contribution in [0.2, 0.25) is 0 Å². The predicted molar refractivity (Wildman–Crippen MR) is 76.8 cm³/mol. The Morgan fingerprint density at radius 2 is 2.00 bits per heavy atom. The van der Waals surface area contributed by atoms with Crippen LogP contribution in [0.4, 0.5) is 0 Å². The molecule has 20 heavy (non-hydrogen) atoms. The van der Waals surface area contributed by atoms with Crippen LogP contribution in [-0.4, -0.2) is 36.0 Å². The number of quaternary nitrogens is 1. The molecule has 0 aliphatic carbocycles. The van der Waals surface area contributed by atoms with E-state index in [9.17, 15) is 14.7 Å². The molecule has 2 atom stereocenters. The summed E-state index contributed by atoms with van der Waals surface area (Å²) < 4.78 is 0. The number of hydrogen-bond acceptors (Lipinski definition) is 4. The molecule has 0 bridgehead atoms. The molecule has 6 heteroatoms. The van der Waals surface area contributed by atoms with Crippen LogP contribution < -0.4 is 16.2 Å². The maximum Gasteiger partial charge on any atom is 0.279 e. The first-order valence-electron chi connectivity index (χ1n) is 6.41. The zero-order valence-electron chi connectivity index (χ0n) is 11.5. The molecule has 110 valence electrons. The molecule has 1 aromatic carbocycles. The summed E-state index contributed by atoms with van der Waals surface area (Å²) in [6, 6.07) is 8.04. The van der Waals surface area contributed by atoms with Crippen LogP contribution >= 0.6 is 11.8 Å². The molecule has 4 N–H and O–H groups in total. The Bertz CT molecular complexity index is 439. The summed E-state index contributed by atoms with van der Waals surface area (Å²) in [5.74, 6) is -0.956. The molecule has 0 aliphatic rings. The van der Waals surface area contributed by atoms with Crippen LogP contribution in [-0.2, 0) is 16.0 Å². The van der Waals surface area contributed by atoms with E-state index in [0.717, 1.165) is 5.56 Å². The highest BCUT2D eigenvalue weighted by Gasteiger charge is 2.21. The Hall–Kier alpha value is -1.53. The molecule has 0 saturated carbocycles. The predicted octanol–water partition coefficient (Wildman–Crippen LogP) is -1.17. The topological polar surface area (TPSA) is 96.9 Å². The molecule has 1 amide bonds. The first kappa shape index (κ1) is 16.5. The summed E-state index contributed by atoms with van der Waals surface area (Å²) in [6.45, 7) is 0. The average Bonchev–Trinajstić information content (AvgIpc) is 2.43. The van der Waals surface area contributed by atoms with E-state index in [0.29, 0.717) is 18.6 Å². The first-order valence-corrected chi connectivity index (χ1v) is 7.81. The van der Waals surface area contributed by atoms with Crippen molar-refractivity contribution >= 4 is 23.6 Å². The molecule has 0 radical (unpaired) electrons. The second-order valence-corrected chi connectivity index (χ2v) is 5.53. The molecule has 0 saturated heterocycles. The lowest BCUT2D eigenvalue weighted by atomic mass is 10.1. The van der Waals surface area contributed by atoms with E-state index in [1.54, 1.807) is 0 Å². The van der Waals surface area contributed by atoms with E-state index in [-0.39, 0.29) is 5.91 Å². The minimum Gasteiger partial charge on any atom is -0.548 e. The SMILES string of the molecule is CSCC[C@H](NC(=O)[C@@H]([NH3+])Cc1ccccc1)C(=O)[O-]. The number of carbonyl (C=O) groups excluding carboxylic acids is 2. The third-order valence-corrected chi connectivity index (χ3v) is 3.55. The maximum atomic E-state index is 12.0. The van der Waals surface area contributed by atoms with Gasteiger partial charge in [-0.05, 0) is 24.0 Å². The molecule has 0 aromatic heterocycles. The van der Waals surface area contributed by atoms with Gasteiger partial charge in [-0.2, -0.15) is 11.8 Å². The molecule has 1 rings (SSSR count). The zero-order chi connectivity index (χ0) is 15.0. The van der Waals surface area contributed by atoms with Crippen molar-refractivity contribution in [2.45, 2.75) is 24.9 Å². The third-order valence-electron chi connectivity index (χ3n) is 2.91. The largest absolute Gasteiger partial charge is 0.548 e. The van der Waals surface area contributed by atoms with E-state index >= 15 is 0 Å². The maximum absolute atomic E-state index is 12.0. The monoisotopic (exact) mass is 296 g/mol. The Morgan fingerprint density at radius 1 is 1.35 bits per heavy atom. The van der Waals surface area contributed by atoms with Crippen molar-refractivity contribution in [1.82, 2.24) is 5.32 Å². The van der Waals surface area contributed by atoms with Crippen LogP contribution in [0, 0.1) is 0 Å². The van der Waals surface area contributed by atoms with Gasteiger partial charge >= 0.3 is 0 Å². The standard InChI is InChI=1S/C14H20N2O3S/c1-20-8-7-12(14(18)19)16-13(17)11(15)9-10-5-3-2-4-6-10/h2-6,11-12H,7-9,15H2,1H3,(H,16,17)(H,18,19)/t11-,12-/m0/s1. The average molecular weight is 296 g/mol. The van der Waals surface area contributed by atoms with Gasteiger partial charge in [0.25, 0.3) is 5.91 Å². The summed E-state index contributed by atoms with van der Waals surface area (Å²) in [4.78, 5) is 22.9. The van der Waals surface area contributed by atoms with Crippen LogP contribution in [0.25, 0.3) is 0 Å². The summed E-state index contributed by atoms with van der Waals surface area (Å²) >= 11 is 1.53. The summed E-state index contributed by atoms with van der Waals surface area (Å²) in [5, 5.41) is 13.5. The number of carbonyl (C=O) groups is 2. The van der Waals surface area contributed by atoms with Gasteiger partial charge in [-0.3, -0.25) is 4.79 Å². The van der Waals surface area contributed by atoms with Crippen LogP contribution in [0.3, 0.4) is 0 Å². The third kappa shape index (κ3) is 5.63. The van der Waals surface area contributed by atoms with Gasteiger partial charge in [-0.25, -0.2) is 0 Å². The van der Waals surface area contributed by atoms with Crippen molar-refractivity contribution in [3.8, 4) is 0 Å². The van der Waals surface area contributed by atoms with Crippen molar-refractivity contribution in [3.63, 3.8) is 0 Å². The van der Waals surface area contributed by atoms with Gasteiger partial charge in [0.2, 0.25) is 0 Å². The molecule has 0 unspecified atom stereocenters. The molecule has 0 heterocycles. The lowest BCUT2D eigenvalue weighted by Gasteiger charge is -2.20. The number of benzene rings is 1. The van der Waals surface area contributed by atoms with Gasteiger partial charge in [0.1, 0.15) is 0 Å². The molecule has 5 nitrogen and oxygen atoms in total. The fraction of sp³-hybridized carbons (Fsp3) is 0.429. The van der Waals surface area contributed by atoms with Crippen LogP contribution in [0.5, 0.6) is 0 Å². The Morgan fingerprint density at radius 3 is 2.55 bits per heavy atom. The van der Waals surface area contributed by atoms with Gasteiger partial charge in [-0.1, -0.05) is 30.3 Å². The Kier molecular flexibility index (Phi) is 7.11. The Labute approximate surface area is 122 Å². The highest BCUT2D eigenvalue weighted by atomic mass is 32.2. The lowest BCUT2D eigenvalue weighted by molar-refractivity contribution is -0.403. The Balaban J connectivity index is 2.53. The fourth-order valence-corrected chi connectivity index (χ4v) is 2.24. The molecule has 1 aromatic rings. The van der Waals surface area contributed by atoms with Crippen LogP contribution in [0.1, 0.15) is 12.0 Å².